The zero-order chi connectivity index (χ0) is 11.0. The first-order chi connectivity index (χ1) is 7.84. The van der Waals surface area contributed by atoms with Crippen LogP contribution in [0.3, 0.4) is 0 Å². The van der Waals surface area contributed by atoms with E-state index in [-0.39, 0.29) is 5.91 Å². The van der Waals surface area contributed by atoms with E-state index in [1.807, 2.05) is 17.0 Å². The van der Waals surface area contributed by atoms with Crippen LogP contribution in [0.4, 0.5) is 0 Å². The Bertz CT molecular complexity index is 440. The standard InChI is InChI=1S/C13H13NO2/c15-13(12-5-6-16-9-12)14-7-10-3-1-2-4-11(10)8-14/h1-4,9H,5-8H2. The number of rotatable bonds is 1. The first kappa shape index (κ1) is 9.46. The minimum atomic E-state index is 0.119. The van der Waals surface area contributed by atoms with Gasteiger partial charge in [-0.25, -0.2) is 0 Å². The molecule has 3 rings (SSSR count). The molecule has 82 valence electrons. The molecule has 0 radical (unpaired) electrons. The van der Waals surface area contributed by atoms with Crippen LogP contribution in [0.25, 0.3) is 0 Å². The van der Waals surface area contributed by atoms with Crippen LogP contribution in [-0.4, -0.2) is 17.4 Å². The molecule has 0 aliphatic carbocycles. The highest BCUT2D eigenvalue weighted by atomic mass is 16.5. The third kappa shape index (κ3) is 1.48. The molecule has 0 aromatic heterocycles. The molecular formula is C13H13NO2. The minimum absolute atomic E-state index is 0.119. The summed E-state index contributed by atoms with van der Waals surface area (Å²) in [6, 6.07) is 8.21. The molecule has 0 N–H and O–H groups in total. The van der Waals surface area contributed by atoms with Crippen LogP contribution in [0.15, 0.2) is 36.1 Å². The van der Waals surface area contributed by atoms with E-state index >= 15 is 0 Å². The van der Waals surface area contributed by atoms with Crippen LogP contribution in [-0.2, 0) is 22.6 Å². The van der Waals surface area contributed by atoms with Crippen molar-refractivity contribution >= 4 is 5.91 Å². The molecule has 3 heteroatoms. The van der Waals surface area contributed by atoms with Gasteiger partial charge in [-0.1, -0.05) is 24.3 Å². The van der Waals surface area contributed by atoms with Crippen LogP contribution in [0.1, 0.15) is 17.5 Å². The largest absolute Gasteiger partial charge is 0.500 e. The number of fused-ring (bicyclic) bond motifs is 1. The molecule has 0 fully saturated rings. The van der Waals surface area contributed by atoms with Crippen molar-refractivity contribution in [2.45, 2.75) is 19.5 Å². The molecule has 0 atom stereocenters. The van der Waals surface area contributed by atoms with Gasteiger partial charge in [0.1, 0.15) is 0 Å². The molecule has 1 aromatic carbocycles. The summed E-state index contributed by atoms with van der Waals surface area (Å²) in [4.78, 5) is 14.0. The quantitative estimate of drug-likeness (QED) is 0.715. The number of nitrogens with zero attached hydrogens (tertiary/aromatic N) is 1. The number of carbonyl (C=O) groups excluding carboxylic acids is 1. The Balaban J connectivity index is 1.78. The summed E-state index contributed by atoms with van der Waals surface area (Å²) in [6.45, 7) is 2.10. The third-order valence-corrected chi connectivity index (χ3v) is 3.12. The third-order valence-electron chi connectivity index (χ3n) is 3.12. The van der Waals surface area contributed by atoms with Gasteiger partial charge in [-0.2, -0.15) is 0 Å². The van der Waals surface area contributed by atoms with Gasteiger partial charge in [-0.15, -0.1) is 0 Å². The van der Waals surface area contributed by atoms with Gasteiger partial charge in [0.15, 0.2) is 0 Å². The average molecular weight is 215 g/mol. The Kier molecular flexibility index (Phi) is 2.17. The number of hydrogen-bond donors (Lipinski definition) is 0. The van der Waals surface area contributed by atoms with Gasteiger partial charge in [0.25, 0.3) is 5.91 Å². The van der Waals surface area contributed by atoms with Crippen LogP contribution in [0.5, 0.6) is 0 Å². The normalized spacial score (nSPS) is 18.0. The highest BCUT2D eigenvalue weighted by Gasteiger charge is 2.26. The molecule has 2 aliphatic heterocycles. The summed E-state index contributed by atoms with van der Waals surface area (Å²) in [5, 5.41) is 0. The zero-order valence-corrected chi connectivity index (χ0v) is 8.98. The van der Waals surface area contributed by atoms with Gasteiger partial charge in [0.2, 0.25) is 0 Å². The number of benzene rings is 1. The van der Waals surface area contributed by atoms with Crippen molar-refractivity contribution in [2.75, 3.05) is 6.61 Å². The molecule has 2 aliphatic rings. The monoisotopic (exact) mass is 215 g/mol. The Labute approximate surface area is 94.3 Å². The van der Waals surface area contributed by atoms with Crippen molar-refractivity contribution in [1.82, 2.24) is 4.90 Å². The molecule has 2 heterocycles. The predicted octanol–water partition coefficient (Wildman–Crippen LogP) is 1.83. The second-order valence-electron chi connectivity index (χ2n) is 4.19. The summed E-state index contributed by atoms with van der Waals surface area (Å²) < 4.78 is 5.11. The Morgan fingerprint density at radius 1 is 1.19 bits per heavy atom. The number of hydrogen-bond acceptors (Lipinski definition) is 2. The number of ether oxygens (including phenoxy) is 1. The van der Waals surface area contributed by atoms with Crippen molar-refractivity contribution < 1.29 is 9.53 Å². The summed E-state index contributed by atoms with van der Waals surface area (Å²) in [5.41, 5.74) is 3.32. The van der Waals surface area contributed by atoms with Gasteiger partial charge in [0, 0.05) is 19.5 Å². The Morgan fingerprint density at radius 2 is 1.88 bits per heavy atom. The molecule has 3 nitrogen and oxygen atoms in total. The molecule has 16 heavy (non-hydrogen) atoms. The van der Waals surface area contributed by atoms with Crippen LogP contribution < -0.4 is 0 Å². The summed E-state index contributed by atoms with van der Waals surface area (Å²) in [7, 11) is 0. The van der Waals surface area contributed by atoms with Crippen LogP contribution in [0, 0.1) is 0 Å². The predicted molar refractivity (Wildman–Crippen MR) is 59.3 cm³/mol. The van der Waals surface area contributed by atoms with E-state index in [9.17, 15) is 4.79 Å². The van der Waals surface area contributed by atoms with Crippen LogP contribution in [0.2, 0.25) is 0 Å². The van der Waals surface area contributed by atoms with Gasteiger partial charge in [0.05, 0.1) is 18.4 Å². The van der Waals surface area contributed by atoms with Crippen molar-refractivity contribution in [1.29, 1.82) is 0 Å². The molecule has 0 unspecified atom stereocenters. The summed E-state index contributed by atoms with van der Waals surface area (Å²) in [6.07, 6.45) is 2.34. The fourth-order valence-electron chi connectivity index (χ4n) is 2.22. The second-order valence-corrected chi connectivity index (χ2v) is 4.19. The lowest BCUT2D eigenvalue weighted by Gasteiger charge is -2.14. The van der Waals surface area contributed by atoms with E-state index in [1.165, 1.54) is 11.1 Å². The Hall–Kier alpha value is -1.77. The van der Waals surface area contributed by atoms with Gasteiger partial charge in [-0.3, -0.25) is 4.79 Å². The molecule has 1 amide bonds. The lowest BCUT2D eigenvalue weighted by atomic mass is 10.1. The fourth-order valence-corrected chi connectivity index (χ4v) is 2.22. The van der Waals surface area contributed by atoms with Gasteiger partial charge < -0.3 is 9.64 Å². The maximum atomic E-state index is 12.1. The highest BCUT2D eigenvalue weighted by molar-refractivity contribution is 5.93. The molecule has 0 saturated carbocycles. The van der Waals surface area contributed by atoms with Crippen molar-refractivity contribution in [3.63, 3.8) is 0 Å². The first-order valence-electron chi connectivity index (χ1n) is 5.51. The smallest absolute Gasteiger partial charge is 0.253 e. The SMILES string of the molecule is O=C(C1=COCC1)N1Cc2ccccc2C1. The van der Waals surface area contributed by atoms with Crippen molar-refractivity contribution in [3.8, 4) is 0 Å². The van der Waals surface area contributed by atoms with Crippen molar-refractivity contribution in [2.24, 2.45) is 0 Å². The van der Waals surface area contributed by atoms with Gasteiger partial charge in [-0.05, 0) is 11.1 Å². The van der Waals surface area contributed by atoms with E-state index in [2.05, 4.69) is 12.1 Å². The van der Waals surface area contributed by atoms with Crippen LogP contribution >= 0.6 is 0 Å². The summed E-state index contributed by atoms with van der Waals surface area (Å²) in [5.74, 6) is 0.119. The lowest BCUT2D eigenvalue weighted by molar-refractivity contribution is -0.127. The Morgan fingerprint density at radius 3 is 2.44 bits per heavy atom. The molecule has 0 saturated heterocycles. The molecule has 1 aromatic rings. The highest BCUT2D eigenvalue weighted by Crippen LogP contribution is 2.25. The minimum Gasteiger partial charge on any atom is -0.500 e. The van der Waals surface area contributed by atoms with E-state index in [0.29, 0.717) is 6.61 Å². The lowest BCUT2D eigenvalue weighted by Crippen LogP contribution is -2.26. The maximum Gasteiger partial charge on any atom is 0.253 e. The van der Waals surface area contributed by atoms with E-state index in [0.717, 1.165) is 25.1 Å². The van der Waals surface area contributed by atoms with Crippen molar-refractivity contribution in [3.05, 3.63) is 47.2 Å². The molecular weight excluding hydrogens is 202 g/mol. The van der Waals surface area contributed by atoms with E-state index < -0.39 is 0 Å². The number of amides is 1. The average Bonchev–Trinajstić information content (AvgIpc) is 2.97. The van der Waals surface area contributed by atoms with E-state index in [1.54, 1.807) is 6.26 Å². The maximum absolute atomic E-state index is 12.1. The topological polar surface area (TPSA) is 29.5 Å². The fraction of sp³-hybridized carbons (Fsp3) is 0.308. The number of carbonyl (C=O) groups is 1. The van der Waals surface area contributed by atoms with E-state index in [4.69, 9.17) is 4.74 Å². The van der Waals surface area contributed by atoms with Gasteiger partial charge >= 0.3 is 0 Å². The summed E-state index contributed by atoms with van der Waals surface area (Å²) >= 11 is 0. The first-order valence-corrected chi connectivity index (χ1v) is 5.51. The molecule has 0 bridgehead atoms. The zero-order valence-electron chi connectivity index (χ0n) is 8.98. The molecule has 0 spiro atoms. The second kappa shape index (κ2) is 3.67.